The van der Waals surface area contributed by atoms with E-state index in [9.17, 15) is 4.79 Å². The highest BCUT2D eigenvalue weighted by Crippen LogP contribution is 2.23. The summed E-state index contributed by atoms with van der Waals surface area (Å²) >= 11 is 0. The Balaban J connectivity index is 0.00000363. The Labute approximate surface area is 209 Å². The van der Waals surface area contributed by atoms with Crippen molar-refractivity contribution in [1.29, 1.82) is 0 Å². The maximum Gasteiger partial charge on any atom is 0.223 e. The molecule has 7 heteroatoms. The molecule has 0 spiro atoms. The summed E-state index contributed by atoms with van der Waals surface area (Å²) in [4.78, 5) is 21.4. The summed E-state index contributed by atoms with van der Waals surface area (Å²) in [7, 11) is 2.03. The van der Waals surface area contributed by atoms with E-state index in [4.69, 9.17) is 9.73 Å². The molecular formula is C25H35IN4O2. The molecule has 0 bridgehead atoms. The number of benzene rings is 2. The molecule has 1 amide bonds. The number of guanidine groups is 1. The van der Waals surface area contributed by atoms with Crippen LogP contribution >= 0.6 is 24.0 Å². The number of hydrogen-bond donors (Lipinski definition) is 1. The Bertz CT molecular complexity index is 861. The van der Waals surface area contributed by atoms with Gasteiger partial charge in [-0.3, -0.25) is 9.79 Å². The number of amides is 1. The van der Waals surface area contributed by atoms with Crippen LogP contribution in [0.15, 0.2) is 53.5 Å². The van der Waals surface area contributed by atoms with E-state index in [-0.39, 0.29) is 29.9 Å². The molecule has 1 heterocycles. The molecule has 32 heavy (non-hydrogen) atoms. The summed E-state index contributed by atoms with van der Waals surface area (Å²) in [6.07, 6.45) is 1.27. The number of ether oxygens (including phenoxy) is 1. The summed E-state index contributed by atoms with van der Waals surface area (Å²) in [6.45, 7) is 8.36. The van der Waals surface area contributed by atoms with Gasteiger partial charge in [0.05, 0.1) is 6.61 Å². The average Bonchev–Trinajstić information content (AvgIpc) is 3.22. The van der Waals surface area contributed by atoms with Crippen LogP contribution in [0.25, 0.3) is 0 Å². The Kier molecular flexibility index (Phi) is 10.8. The van der Waals surface area contributed by atoms with Crippen molar-refractivity contribution in [2.45, 2.75) is 46.3 Å². The molecule has 2 aromatic rings. The Morgan fingerprint density at radius 2 is 1.75 bits per heavy atom. The quantitative estimate of drug-likeness (QED) is 0.218. The molecule has 6 nitrogen and oxygen atoms in total. The number of nitrogens with zero attached hydrogens (tertiary/aromatic N) is 3. The number of hydrogen-bond acceptors (Lipinski definition) is 3. The highest BCUT2D eigenvalue weighted by molar-refractivity contribution is 14.0. The molecule has 0 aromatic heterocycles. The fourth-order valence-corrected chi connectivity index (χ4v) is 3.76. The molecule has 0 atom stereocenters. The van der Waals surface area contributed by atoms with E-state index in [2.05, 4.69) is 41.4 Å². The Morgan fingerprint density at radius 1 is 1.09 bits per heavy atom. The first-order chi connectivity index (χ1) is 15.1. The van der Waals surface area contributed by atoms with Gasteiger partial charge in [0, 0.05) is 46.2 Å². The number of aliphatic imine (C=N–C) groups is 1. The number of carbonyl (C=O) groups is 1. The zero-order valence-corrected chi connectivity index (χ0v) is 21.7. The molecule has 1 aliphatic heterocycles. The third-order valence-corrected chi connectivity index (χ3v) is 5.35. The van der Waals surface area contributed by atoms with Gasteiger partial charge < -0.3 is 19.9 Å². The van der Waals surface area contributed by atoms with Gasteiger partial charge in [-0.05, 0) is 49.1 Å². The molecule has 3 rings (SSSR count). The van der Waals surface area contributed by atoms with Gasteiger partial charge in [0.25, 0.3) is 0 Å². The SMILES string of the molecule is CCNC(=NCCCC(=O)N1Cc2ccccc2C1)N(C)Cc1ccc(OCC)cc1.I. The lowest BCUT2D eigenvalue weighted by atomic mass is 10.1. The number of nitrogens with one attached hydrogen (secondary N) is 1. The van der Waals surface area contributed by atoms with E-state index in [0.29, 0.717) is 19.6 Å². The first-order valence-electron chi connectivity index (χ1n) is 11.2. The zero-order valence-electron chi connectivity index (χ0n) is 19.3. The maximum absolute atomic E-state index is 12.6. The lowest BCUT2D eigenvalue weighted by Gasteiger charge is -2.22. The summed E-state index contributed by atoms with van der Waals surface area (Å²) < 4.78 is 5.51. The number of halogens is 1. The zero-order chi connectivity index (χ0) is 22.1. The largest absolute Gasteiger partial charge is 0.494 e. The number of fused-ring (bicyclic) bond motifs is 1. The molecule has 0 aliphatic carbocycles. The van der Waals surface area contributed by atoms with E-state index in [1.54, 1.807) is 0 Å². The van der Waals surface area contributed by atoms with Crippen LogP contribution < -0.4 is 10.1 Å². The van der Waals surface area contributed by atoms with Crippen molar-refractivity contribution in [3.63, 3.8) is 0 Å². The van der Waals surface area contributed by atoms with Crippen LogP contribution in [0, 0.1) is 0 Å². The number of rotatable bonds is 9. The second-order valence-electron chi connectivity index (χ2n) is 7.79. The van der Waals surface area contributed by atoms with E-state index >= 15 is 0 Å². The summed E-state index contributed by atoms with van der Waals surface area (Å²) in [6, 6.07) is 16.4. The summed E-state index contributed by atoms with van der Waals surface area (Å²) in [5.74, 6) is 1.96. The average molecular weight is 550 g/mol. The van der Waals surface area contributed by atoms with Crippen LogP contribution in [0.5, 0.6) is 5.75 Å². The summed E-state index contributed by atoms with van der Waals surface area (Å²) in [5, 5.41) is 3.35. The third kappa shape index (κ3) is 7.39. The lowest BCUT2D eigenvalue weighted by Crippen LogP contribution is -2.38. The lowest BCUT2D eigenvalue weighted by molar-refractivity contribution is -0.131. The van der Waals surface area contributed by atoms with Gasteiger partial charge in [-0.2, -0.15) is 0 Å². The van der Waals surface area contributed by atoms with Crippen molar-refractivity contribution in [3.05, 3.63) is 65.2 Å². The van der Waals surface area contributed by atoms with Gasteiger partial charge in [0.2, 0.25) is 5.91 Å². The molecule has 2 aromatic carbocycles. The normalized spacial score (nSPS) is 12.7. The van der Waals surface area contributed by atoms with E-state index in [0.717, 1.165) is 44.3 Å². The van der Waals surface area contributed by atoms with Gasteiger partial charge >= 0.3 is 0 Å². The Hall–Kier alpha value is -2.29. The fourth-order valence-electron chi connectivity index (χ4n) is 3.76. The van der Waals surface area contributed by atoms with Gasteiger partial charge in [0.1, 0.15) is 5.75 Å². The highest BCUT2D eigenvalue weighted by Gasteiger charge is 2.22. The number of carbonyl (C=O) groups excluding carboxylic acids is 1. The topological polar surface area (TPSA) is 57.2 Å². The van der Waals surface area contributed by atoms with Crippen molar-refractivity contribution in [1.82, 2.24) is 15.1 Å². The minimum atomic E-state index is 0. The Morgan fingerprint density at radius 3 is 2.34 bits per heavy atom. The predicted octanol–water partition coefficient (Wildman–Crippen LogP) is 4.42. The van der Waals surface area contributed by atoms with Crippen LogP contribution in [0.2, 0.25) is 0 Å². The summed E-state index contributed by atoms with van der Waals surface area (Å²) in [5.41, 5.74) is 3.72. The standard InChI is InChI=1S/C25H34N4O2.HI/c1-4-26-25(28(3)17-20-12-14-23(15-13-20)31-5-2)27-16-8-11-24(30)29-18-21-9-6-7-10-22(21)19-29;/h6-7,9-10,12-15H,4-5,8,11,16-19H2,1-3H3,(H,26,27);1H. The molecule has 0 fully saturated rings. The second kappa shape index (κ2) is 13.3. The van der Waals surface area contributed by atoms with Gasteiger partial charge in [-0.15, -0.1) is 24.0 Å². The molecule has 0 unspecified atom stereocenters. The molecule has 174 valence electrons. The van der Waals surface area contributed by atoms with Crippen LogP contribution in [0.4, 0.5) is 0 Å². The van der Waals surface area contributed by atoms with Crippen molar-refractivity contribution in [3.8, 4) is 5.75 Å². The third-order valence-electron chi connectivity index (χ3n) is 5.35. The molecule has 0 radical (unpaired) electrons. The van der Waals surface area contributed by atoms with Crippen molar-refractivity contribution >= 4 is 35.8 Å². The monoisotopic (exact) mass is 550 g/mol. The minimum Gasteiger partial charge on any atom is -0.494 e. The van der Waals surface area contributed by atoms with Crippen molar-refractivity contribution in [2.75, 3.05) is 26.7 Å². The van der Waals surface area contributed by atoms with Gasteiger partial charge in [-0.25, -0.2) is 0 Å². The van der Waals surface area contributed by atoms with E-state index in [1.165, 1.54) is 16.7 Å². The van der Waals surface area contributed by atoms with Crippen molar-refractivity contribution in [2.24, 2.45) is 4.99 Å². The first-order valence-corrected chi connectivity index (χ1v) is 11.2. The highest BCUT2D eigenvalue weighted by atomic mass is 127. The van der Waals surface area contributed by atoms with Crippen molar-refractivity contribution < 1.29 is 9.53 Å². The van der Waals surface area contributed by atoms with Gasteiger partial charge in [-0.1, -0.05) is 36.4 Å². The van der Waals surface area contributed by atoms with Crippen LogP contribution in [0.1, 0.15) is 43.4 Å². The van der Waals surface area contributed by atoms with Crippen LogP contribution in [-0.4, -0.2) is 48.4 Å². The van der Waals surface area contributed by atoms with Crippen LogP contribution in [-0.2, 0) is 24.4 Å². The minimum absolute atomic E-state index is 0. The predicted molar refractivity (Wildman–Crippen MR) is 140 cm³/mol. The van der Waals surface area contributed by atoms with E-state index < -0.39 is 0 Å². The van der Waals surface area contributed by atoms with Gasteiger partial charge in [0.15, 0.2) is 5.96 Å². The molecule has 0 saturated heterocycles. The molecular weight excluding hydrogens is 515 g/mol. The molecule has 0 saturated carbocycles. The second-order valence-corrected chi connectivity index (χ2v) is 7.79. The van der Waals surface area contributed by atoms with E-state index in [1.807, 2.05) is 43.1 Å². The first kappa shape index (κ1) is 26.0. The maximum atomic E-state index is 12.6. The molecule has 1 N–H and O–H groups in total. The van der Waals surface area contributed by atoms with Crippen LogP contribution in [0.3, 0.4) is 0 Å². The molecule has 1 aliphatic rings. The smallest absolute Gasteiger partial charge is 0.223 e. The fraction of sp³-hybridized carbons (Fsp3) is 0.440.